The largest absolute Gasteiger partial charge is 0.367 e. The third-order valence-corrected chi connectivity index (χ3v) is 1.09. The molecule has 0 aromatic rings. The molecule has 2 amide bonds. The number of carbonyl (C=O) groups excluding carboxylic acids is 1. The highest BCUT2D eigenvalue weighted by atomic mass is 16.5. The second kappa shape index (κ2) is 5.49. The number of nitrogens with one attached hydrogen (secondary N) is 1. The van der Waals surface area contributed by atoms with Crippen molar-refractivity contribution in [1.29, 1.82) is 0 Å². The Labute approximate surface area is 74.5 Å². The van der Waals surface area contributed by atoms with Gasteiger partial charge in [0.05, 0.1) is 6.54 Å². The lowest BCUT2D eigenvalue weighted by Gasteiger charge is -2.19. The standard InChI is InChI=1S/C6H12N2O5/c1-2-8(3-4(9)10)5(11)7-6(12)13/h2,4,6,9-10,12-13H,1,3H2,(H,7,11). The van der Waals surface area contributed by atoms with Gasteiger partial charge in [0.2, 0.25) is 6.41 Å². The second-order valence-electron chi connectivity index (χ2n) is 2.14. The maximum Gasteiger partial charge on any atom is 0.325 e. The van der Waals surface area contributed by atoms with Gasteiger partial charge < -0.3 is 20.4 Å². The molecule has 0 saturated carbocycles. The summed E-state index contributed by atoms with van der Waals surface area (Å²) in [5, 5.41) is 35.4. The van der Waals surface area contributed by atoms with E-state index in [1.807, 2.05) is 0 Å². The molecule has 5 N–H and O–H groups in total. The molecule has 0 aromatic heterocycles. The molecule has 7 heteroatoms. The predicted molar refractivity (Wildman–Crippen MR) is 41.9 cm³/mol. The molecule has 0 radical (unpaired) electrons. The minimum Gasteiger partial charge on any atom is -0.367 e. The van der Waals surface area contributed by atoms with E-state index >= 15 is 0 Å². The first-order valence-corrected chi connectivity index (χ1v) is 3.39. The fraction of sp³-hybridized carbons (Fsp3) is 0.500. The highest BCUT2D eigenvalue weighted by Crippen LogP contribution is 1.92. The summed E-state index contributed by atoms with van der Waals surface area (Å²) in [6.07, 6.45) is -2.68. The molecule has 0 aliphatic rings. The summed E-state index contributed by atoms with van der Waals surface area (Å²) in [6.45, 7) is 2.82. The van der Waals surface area contributed by atoms with Crippen LogP contribution in [0.5, 0.6) is 0 Å². The first-order valence-electron chi connectivity index (χ1n) is 3.39. The van der Waals surface area contributed by atoms with Crippen LogP contribution in [0.3, 0.4) is 0 Å². The van der Waals surface area contributed by atoms with Gasteiger partial charge in [0.25, 0.3) is 0 Å². The van der Waals surface area contributed by atoms with Crippen molar-refractivity contribution in [3.05, 3.63) is 12.8 Å². The molecule has 0 fully saturated rings. The Bertz CT molecular complexity index is 182. The van der Waals surface area contributed by atoms with Gasteiger partial charge in [0, 0.05) is 6.20 Å². The fourth-order valence-electron chi connectivity index (χ4n) is 0.610. The van der Waals surface area contributed by atoms with Crippen molar-refractivity contribution in [3.63, 3.8) is 0 Å². The number of nitrogens with zero attached hydrogens (tertiary/aromatic N) is 1. The van der Waals surface area contributed by atoms with Gasteiger partial charge >= 0.3 is 6.03 Å². The molecule has 76 valence electrons. The van der Waals surface area contributed by atoms with Crippen molar-refractivity contribution >= 4 is 6.03 Å². The average molecular weight is 192 g/mol. The van der Waals surface area contributed by atoms with Crippen LogP contribution in [0.4, 0.5) is 4.79 Å². The quantitative estimate of drug-likeness (QED) is 0.322. The zero-order chi connectivity index (χ0) is 10.4. The van der Waals surface area contributed by atoms with Crippen molar-refractivity contribution in [1.82, 2.24) is 10.2 Å². The predicted octanol–water partition coefficient (Wildman–Crippen LogP) is -2.28. The highest BCUT2D eigenvalue weighted by molar-refractivity contribution is 5.75. The molecular formula is C6H12N2O5. The summed E-state index contributed by atoms with van der Waals surface area (Å²) in [5.41, 5.74) is 0. The Morgan fingerprint density at radius 1 is 1.46 bits per heavy atom. The van der Waals surface area contributed by atoms with E-state index in [1.54, 1.807) is 5.32 Å². The number of urea groups is 1. The number of carbonyl (C=O) groups is 1. The smallest absolute Gasteiger partial charge is 0.325 e. The first-order chi connectivity index (χ1) is 5.97. The molecule has 0 atom stereocenters. The second-order valence-corrected chi connectivity index (χ2v) is 2.14. The Balaban J connectivity index is 4.07. The molecule has 7 nitrogen and oxygen atoms in total. The van der Waals surface area contributed by atoms with E-state index in [0.717, 1.165) is 11.1 Å². The summed E-state index contributed by atoms with van der Waals surface area (Å²) in [6, 6.07) is -0.891. The average Bonchev–Trinajstić information content (AvgIpc) is 1.98. The fourth-order valence-corrected chi connectivity index (χ4v) is 0.610. The van der Waals surface area contributed by atoms with Crippen LogP contribution in [-0.2, 0) is 0 Å². The number of rotatable bonds is 4. The number of hydrogen-bond donors (Lipinski definition) is 5. The lowest BCUT2D eigenvalue weighted by molar-refractivity contribution is -0.0657. The molecular weight excluding hydrogens is 180 g/mol. The van der Waals surface area contributed by atoms with Crippen molar-refractivity contribution in [3.8, 4) is 0 Å². The van der Waals surface area contributed by atoms with Crippen LogP contribution in [0.15, 0.2) is 12.8 Å². The monoisotopic (exact) mass is 192 g/mol. The summed E-state index contributed by atoms with van der Waals surface area (Å²) >= 11 is 0. The van der Waals surface area contributed by atoms with Crippen LogP contribution in [0.2, 0.25) is 0 Å². The van der Waals surface area contributed by atoms with Crippen LogP contribution < -0.4 is 5.32 Å². The van der Waals surface area contributed by atoms with E-state index < -0.39 is 25.3 Å². The van der Waals surface area contributed by atoms with Crippen LogP contribution in [0, 0.1) is 0 Å². The van der Waals surface area contributed by atoms with E-state index in [4.69, 9.17) is 20.4 Å². The van der Waals surface area contributed by atoms with E-state index in [1.165, 1.54) is 0 Å². The van der Waals surface area contributed by atoms with Gasteiger partial charge in [0.1, 0.15) is 0 Å². The molecule has 0 aliphatic carbocycles. The van der Waals surface area contributed by atoms with Crippen molar-refractivity contribution in [2.45, 2.75) is 12.7 Å². The third-order valence-electron chi connectivity index (χ3n) is 1.09. The number of amides is 2. The SMILES string of the molecule is C=CN(CC(O)O)C(=O)NC(O)O. The van der Waals surface area contributed by atoms with Gasteiger partial charge in [-0.2, -0.15) is 0 Å². The molecule has 0 saturated heterocycles. The lowest BCUT2D eigenvalue weighted by atomic mass is 10.5. The number of aliphatic hydroxyl groups excluding tert-OH is 2. The van der Waals surface area contributed by atoms with Crippen LogP contribution in [0.25, 0.3) is 0 Å². The number of aliphatic hydroxyl groups is 4. The van der Waals surface area contributed by atoms with Gasteiger partial charge in [-0.15, -0.1) is 0 Å². The molecule has 0 unspecified atom stereocenters. The van der Waals surface area contributed by atoms with Gasteiger partial charge in [-0.1, -0.05) is 6.58 Å². The Kier molecular flexibility index (Phi) is 5.00. The molecule has 0 bridgehead atoms. The molecule has 0 rings (SSSR count). The third kappa shape index (κ3) is 5.15. The minimum absolute atomic E-state index is 0.401. The summed E-state index contributed by atoms with van der Waals surface area (Å²) < 4.78 is 0. The molecule has 0 aromatic carbocycles. The van der Waals surface area contributed by atoms with E-state index in [9.17, 15) is 4.79 Å². The van der Waals surface area contributed by atoms with Crippen LogP contribution in [0.1, 0.15) is 0 Å². The first kappa shape index (κ1) is 11.8. The van der Waals surface area contributed by atoms with Crippen molar-refractivity contribution in [2.24, 2.45) is 0 Å². The van der Waals surface area contributed by atoms with Gasteiger partial charge in [-0.3, -0.25) is 10.2 Å². The van der Waals surface area contributed by atoms with Crippen LogP contribution >= 0.6 is 0 Å². The molecule has 0 spiro atoms. The minimum atomic E-state index is -1.99. The van der Waals surface area contributed by atoms with E-state index in [0.29, 0.717) is 0 Å². The van der Waals surface area contributed by atoms with Gasteiger partial charge in [0.15, 0.2) is 6.29 Å². The van der Waals surface area contributed by atoms with E-state index in [2.05, 4.69) is 6.58 Å². The van der Waals surface area contributed by atoms with Gasteiger partial charge in [-0.25, -0.2) is 4.79 Å². The zero-order valence-corrected chi connectivity index (χ0v) is 6.79. The Morgan fingerprint density at radius 2 is 2.00 bits per heavy atom. The summed E-state index contributed by atoms with van der Waals surface area (Å²) in [7, 11) is 0. The maximum atomic E-state index is 10.9. The lowest BCUT2D eigenvalue weighted by Crippen LogP contribution is -2.44. The normalized spacial score (nSPS) is 10.3. The molecule has 0 heterocycles. The Morgan fingerprint density at radius 3 is 2.31 bits per heavy atom. The highest BCUT2D eigenvalue weighted by Gasteiger charge is 2.14. The van der Waals surface area contributed by atoms with Gasteiger partial charge in [-0.05, 0) is 0 Å². The van der Waals surface area contributed by atoms with E-state index in [-0.39, 0.29) is 0 Å². The summed E-state index contributed by atoms with van der Waals surface area (Å²) in [4.78, 5) is 11.7. The topological polar surface area (TPSA) is 113 Å². The Hall–Kier alpha value is -1.15. The van der Waals surface area contributed by atoms with Crippen molar-refractivity contribution in [2.75, 3.05) is 6.54 Å². The maximum absolute atomic E-state index is 10.9. The van der Waals surface area contributed by atoms with Crippen molar-refractivity contribution < 1.29 is 25.2 Å². The molecule has 13 heavy (non-hydrogen) atoms. The van der Waals surface area contributed by atoms with Crippen LogP contribution in [-0.4, -0.2) is 50.6 Å². The summed E-state index contributed by atoms with van der Waals surface area (Å²) in [5.74, 6) is 0. The number of hydrogen-bond acceptors (Lipinski definition) is 5. The molecule has 0 aliphatic heterocycles. The zero-order valence-electron chi connectivity index (χ0n) is 6.79.